The Balaban J connectivity index is 1.76. The molecule has 1 fully saturated rings. The summed E-state index contributed by atoms with van der Waals surface area (Å²) in [5.74, 6) is 2.74. The van der Waals surface area contributed by atoms with Crippen LogP contribution in [0, 0.1) is 0 Å². The van der Waals surface area contributed by atoms with E-state index < -0.39 is 0 Å². The first-order chi connectivity index (χ1) is 6.95. The fourth-order valence-electron chi connectivity index (χ4n) is 1.63. The molecule has 0 bridgehead atoms. The Bertz CT molecular complexity index is 252. The predicted molar refractivity (Wildman–Crippen MR) is 68.1 cm³/mol. The molecule has 0 nitrogen and oxygen atoms in total. The van der Waals surface area contributed by atoms with Crippen molar-refractivity contribution in [2.24, 2.45) is 0 Å². The van der Waals surface area contributed by atoms with Crippen LogP contribution < -0.4 is 0 Å². The smallest absolute Gasteiger partial charge is 0.0505 e. The first kappa shape index (κ1) is 10.4. The summed E-state index contributed by atoms with van der Waals surface area (Å²) in [6.45, 7) is 0. The zero-order valence-electron chi connectivity index (χ0n) is 8.32. The van der Waals surface area contributed by atoms with E-state index in [1.165, 1.54) is 36.3 Å². The SMILES string of the molecule is c1ccc(CCC2SCCCS2)cc1. The van der Waals surface area contributed by atoms with Crippen LogP contribution in [0.4, 0.5) is 0 Å². The van der Waals surface area contributed by atoms with E-state index in [0.717, 1.165) is 4.58 Å². The molecule has 2 heteroatoms. The molecule has 1 aliphatic rings. The molecule has 76 valence electrons. The minimum atomic E-state index is 0.851. The van der Waals surface area contributed by atoms with Crippen molar-refractivity contribution in [3.8, 4) is 0 Å². The molecular formula is C12H16S2. The zero-order chi connectivity index (χ0) is 9.64. The fraction of sp³-hybridized carbons (Fsp3) is 0.500. The van der Waals surface area contributed by atoms with E-state index in [2.05, 4.69) is 53.9 Å². The fourth-order valence-corrected chi connectivity index (χ4v) is 4.49. The van der Waals surface area contributed by atoms with Crippen LogP contribution in [0.3, 0.4) is 0 Å². The average Bonchev–Trinajstić information content (AvgIpc) is 2.29. The van der Waals surface area contributed by atoms with Crippen molar-refractivity contribution in [1.82, 2.24) is 0 Å². The van der Waals surface area contributed by atoms with Gasteiger partial charge in [0.15, 0.2) is 0 Å². The molecule has 14 heavy (non-hydrogen) atoms. The van der Waals surface area contributed by atoms with Crippen LogP contribution in [0.15, 0.2) is 30.3 Å². The maximum atomic E-state index is 2.23. The monoisotopic (exact) mass is 224 g/mol. The van der Waals surface area contributed by atoms with Gasteiger partial charge < -0.3 is 0 Å². The van der Waals surface area contributed by atoms with Crippen LogP contribution in [-0.4, -0.2) is 16.1 Å². The van der Waals surface area contributed by atoms with Crippen molar-refractivity contribution in [1.29, 1.82) is 0 Å². The van der Waals surface area contributed by atoms with Gasteiger partial charge in [-0.05, 0) is 36.3 Å². The molecule has 1 heterocycles. The van der Waals surface area contributed by atoms with Crippen LogP contribution >= 0.6 is 23.5 Å². The summed E-state index contributed by atoms with van der Waals surface area (Å²) in [5.41, 5.74) is 1.49. The van der Waals surface area contributed by atoms with Gasteiger partial charge in [-0.25, -0.2) is 0 Å². The van der Waals surface area contributed by atoms with Crippen LogP contribution in [0.25, 0.3) is 0 Å². The summed E-state index contributed by atoms with van der Waals surface area (Å²) < 4.78 is 0.851. The summed E-state index contributed by atoms with van der Waals surface area (Å²) in [5, 5.41) is 0. The summed E-state index contributed by atoms with van der Waals surface area (Å²) in [4.78, 5) is 0. The van der Waals surface area contributed by atoms with E-state index in [1.54, 1.807) is 0 Å². The molecule has 0 saturated carbocycles. The van der Waals surface area contributed by atoms with E-state index in [-0.39, 0.29) is 0 Å². The van der Waals surface area contributed by atoms with Crippen LogP contribution in [0.2, 0.25) is 0 Å². The van der Waals surface area contributed by atoms with Crippen LogP contribution in [0.5, 0.6) is 0 Å². The molecule has 1 saturated heterocycles. The summed E-state index contributed by atoms with van der Waals surface area (Å²) in [6, 6.07) is 10.8. The molecule has 1 aromatic carbocycles. The van der Waals surface area contributed by atoms with E-state index in [9.17, 15) is 0 Å². The van der Waals surface area contributed by atoms with Gasteiger partial charge in [-0.2, -0.15) is 0 Å². The van der Waals surface area contributed by atoms with Gasteiger partial charge >= 0.3 is 0 Å². The number of rotatable bonds is 3. The largest absolute Gasteiger partial charge is 0.148 e. The topological polar surface area (TPSA) is 0 Å². The molecule has 0 atom stereocenters. The lowest BCUT2D eigenvalue weighted by molar-refractivity contribution is 0.894. The van der Waals surface area contributed by atoms with Gasteiger partial charge in [0.05, 0.1) is 4.58 Å². The van der Waals surface area contributed by atoms with Crippen molar-refractivity contribution in [3.63, 3.8) is 0 Å². The molecule has 0 unspecified atom stereocenters. The molecule has 0 spiro atoms. The van der Waals surface area contributed by atoms with E-state index in [0.29, 0.717) is 0 Å². The Morgan fingerprint density at radius 1 is 1.07 bits per heavy atom. The Hall–Kier alpha value is -0.0800. The van der Waals surface area contributed by atoms with Gasteiger partial charge in [0, 0.05) is 0 Å². The Kier molecular flexibility index (Phi) is 4.26. The lowest BCUT2D eigenvalue weighted by Crippen LogP contribution is -2.07. The highest BCUT2D eigenvalue weighted by molar-refractivity contribution is 8.17. The van der Waals surface area contributed by atoms with Gasteiger partial charge in [-0.15, -0.1) is 23.5 Å². The third kappa shape index (κ3) is 3.25. The highest BCUT2D eigenvalue weighted by atomic mass is 32.2. The van der Waals surface area contributed by atoms with Crippen molar-refractivity contribution in [3.05, 3.63) is 35.9 Å². The minimum Gasteiger partial charge on any atom is -0.148 e. The van der Waals surface area contributed by atoms with Crippen LogP contribution in [0.1, 0.15) is 18.4 Å². The molecule has 1 aliphatic heterocycles. The highest BCUT2D eigenvalue weighted by Crippen LogP contribution is 2.33. The molecule has 0 aliphatic carbocycles. The molecular weight excluding hydrogens is 208 g/mol. The van der Waals surface area contributed by atoms with Crippen molar-refractivity contribution >= 4 is 23.5 Å². The molecule has 0 aromatic heterocycles. The molecule has 2 rings (SSSR count). The van der Waals surface area contributed by atoms with E-state index >= 15 is 0 Å². The lowest BCUT2D eigenvalue weighted by atomic mass is 10.1. The second-order valence-electron chi connectivity index (χ2n) is 3.55. The van der Waals surface area contributed by atoms with Crippen LogP contribution in [-0.2, 0) is 6.42 Å². The summed E-state index contributed by atoms with van der Waals surface area (Å²) in [7, 11) is 0. The minimum absolute atomic E-state index is 0.851. The van der Waals surface area contributed by atoms with Gasteiger partial charge in [-0.3, -0.25) is 0 Å². The second kappa shape index (κ2) is 5.72. The van der Waals surface area contributed by atoms with Crippen molar-refractivity contribution < 1.29 is 0 Å². The third-order valence-corrected chi connectivity index (χ3v) is 5.49. The Morgan fingerprint density at radius 3 is 2.50 bits per heavy atom. The Morgan fingerprint density at radius 2 is 1.79 bits per heavy atom. The lowest BCUT2D eigenvalue weighted by Gasteiger charge is -2.20. The number of aryl methyl sites for hydroxylation is 1. The number of thioether (sulfide) groups is 2. The predicted octanol–water partition coefficient (Wildman–Crippen LogP) is 3.82. The number of benzene rings is 1. The highest BCUT2D eigenvalue weighted by Gasteiger charge is 2.13. The first-order valence-electron chi connectivity index (χ1n) is 5.22. The van der Waals surface area contributed by atoms with Crippen molar-refractivity contribution in [2.45, 2.75) is 23.8 Å². The van der Waals surface area contributed by atoms with E-state index in [4.69, 9.17) is 0 Å². The number of hydrogen-bond donors (Lipinski definition) is 0. The average molecular weight is 224 g/mol. The van der Waals surface area contributed by atoms with E-state index in [1.807, 2.05) is 0 Å². The summed E-state index contributed by atoms with van der Waals surface area (Å²) >= 11 is 4.29. The van der Waals surface area contributed by atoms with Gasteiger partial charge in [0.2, 0.25) is 0 Å². The first-order valence-corrected chi connectivity index (χ1v) is 7.32. The summed E-state index contributed by atoms with van der Waals surface area (Å²) in [6.07, 6.45) is 3.97. The number of hydrogen-bond acceptors (Lipinski definition) is 2. The normalized spacial score (nSPS) is 18.3. The maximum Gasteiger partial charge on any atom is 0.0505 e. The molecule has 0 N–H and O–H groups in total. The second-order valence-corrected chi connectivity index (χ2v) is 6.47. The maximum absolute atomic E-state index is 2.23. The molecule has 0 radical (unpaired) electrons. The molecule has 0 amide bonds. The Labute approximate surface area is 94.9 Å². The zero-order valence-corrected chi connectivity index (χ0v) is 9.95. The van der Waals surface area contributed by atoms with Gasteiger partial charge in [0.25, 0.3) is 0 Å². The third-order valence-electron chi connectivity index (χ3n) is 2.41. The van der Waals surface area contributed by atoms with Gasteiger partial charge in [-0.1, -0.05) is 30.3 Å². The molecule has 1 aromatic rings. The standard InChI is InChI=1S/C12H16S2/c1-2-5-11(6-3-1)7-8-12-13-9-4-10-14-12/h1-3,5-6,12H,4,7-10H2. The quantitative estimate of drug-likeness (QED) is 0.765. The van der Waals surface area contributed by atoms with Gasteiger partial charge in [0.1, 0.15) is 0 Å². The van der Waals surface area contributed by atoms with Crippen molar-refractivity contribution in [2.75, 3.05) is 11.5 Å².